The van der Waals surface area contributed by atoms with Gasteiger partial charge in [0, 0.05) is 47.8 Å². The fourth-order valence-electron chi connectivity index (χ4n) is 7.61. The molecule has 0 aliphatic rings. The molecule has 0 radical (unpaired) electrons. The highest BCUT2D eigenvalue weighted by Crippen LogP contribution is 2.44. The molecule has 54 heavy (non-hydrogen) atoms. The summed E-state index contributed by atoms with van der Waals surface area (Å²) in [5.41, 5.74) is 7.83. The third-order valence-corrected chi connectivity index (χ3v) is 11.3. The minimum absolute atomic E-state index is 0.636. The molecule has 0 bridgehead atoms. The Morgan fingerprint density at radius 2 is 0.981 bits per heavy atom. The SMILES string of the molecule is c1ccc(-c2nc(-c3ccccc3)nc(-c3ccc(-c4ccc5c(c4)sc4ccc6ccc7nc(-c8ccccc8)oc7c6c45)c4ccccc34)n2)cc1. The maximum atomic E-state index is 6.53. The Kier molecular flexibility index (Phi) is 6.97. The Labute approximate surface area is 313 Å². The molecule has 0 spiro atoms. The van der Waals surface area contributed by atoms with Crippen LogP contribution in [0.25, 0.3) is 110 Å². The molecule has 0 amide bonds. The minimum atomic E-state index is 0.636. The van der Waals surface area contributed by atoms with Crippen LogP contribution in [-0.2, 0) is 0 Å². The van der Waals surface area contributed by atoms with Gasteiger partial charge in [-0.05, 0) is 63.7 Å². The topological polar surface area (TPSA) is 64.7 Å². The van der Waals surface area contributed by atoms with E-state index in [4.69, 9.17) is 24.4 Å². The molecular formula is C48H28N4OS. The van der Waals surface area contributed by atoms with Crippen LogP contribution in [0.5, 0.6) is 0 Å². The van der Waals surface area contributed by atoms with Gasteiger partial charge in [-0.15, -0.1) is 11.3 Å². The Balaban J connectivity index is 1.07. The van der Waals surface area contributed by atoms with Gasteiger partial charge in [0.2, 0.25) is 5.89 Å². The molecule has 6 heteroatoms. The first-order valence-electron chi connectivity index (χ1n) is 17.9. The van der Waals surface area contributed by atoms with Crippen molar-refractivity contribution in [3.63, 3.8) is 0 Å². The standard InChI is InChI=1S/C48H28N4OS/c1-4-12-30(13-5-1)45-50-46(31-14-6-2-7-15-31)52-47(51-45)37-25-24-34(35-18-10-11-19-36(35)37)33-20-23-38-41(28-33)54-40-27-22-29-21-26-39-44(42(29)43(38)40)53-48(49-39)32-16-8-3-9-17-32/h1-28H. The molecule has 252 valence electrons. The summed E-state index contributed by atoms with van der Waals surface area (Å²) in [7, 11) is 0. The fourth-order valence-corrected chi connectivity index (χ4v) is 8.76. The number of fused-ring (bicyclic) bond motifs is 8. The lowest BCUT2D eigenvalue weighted by atomic mass is 9.94. The number of rotatable bonds is 5. The zero-order valence-corrected chi connectivity index (χ0v) is 29.6. The lowest BCUT2D eigenvalue weighted by Crippen LogP contribution is -2.00. The second-order valence-electron chi connectivity index (χ2n) is 13.4. The molecular weight excluding hydrogens is 681 g/mol. The quantitative estimate of drug-likeness (QED) is 0.178. The number of nitrogens with zero attached hydrogens (tertiary/aromatic N) is 4. The minimum Gasteiger partial charge on any atom is -0.435 e. The Bertz CT molecular complexity index is 3150. The molecule has 3 aromatic heterocycles. The van der Waals surface area contributed by atoms with E-state index < -0.39 is 0 Å². The molecule has 5 nitrogen and oxygen atoms in total. The van der Waals surface area contributed by atoms with E-state index in [1.165, 1.54) is 20.2 Å². The van der Waals surface area contributed by atoms with Crippen LogP contribution in [0.4, 0.5) is 0 Å². The number of aromatic nitrogens is 4. The first kappa shape index (κ1) is 30.6. The van der Waals surface area contributed by atoms with Crippen molar-refractivity contribution in [3.05, 3.63) is 170 Å². The number of oxazole rings is 1. The highest BCUT2D eigenvalue weighted by atomic mass is 32.1. The van der Waals surface area contributed by atoms with E-state index in [-0.39, 0.29) is 0 Å². The summed E-state index contributed by atoms with van der Waals surface area (Å²) in [5, 5.41) is 6.89. The second-order valence-corrected chi connectivity index (χ2v) is 14.5. The number of benzene rings is 8. The summed E-state index contributed by atoms with van der Waals surface area (Å²) >= 11 is 1.81. The van der Waals surface area contributed by atoms with Crippen LogP contribution in [0.2, 0.25) is 0 Å². The Hall–Kier alpha value is -7.02. The Morgan fingerprint density at radius 1 is 0.389 bits per heavy atom. The van der Waals surface area contributed by atoms with Crippen molar-refractivity contribution in [2.24, 2.45) is 0 Å². The smallest absolute Gasteiger partial charge is 0.227 e. The molecule has 0 saturated carbocycles. The normalized spacial score (nSPS) is 11.7. The molecule has 11 aromatic rings. The van der Waals surface area contributed by atoms with E-state index in [1.54, 1.807) is 0 Å². The van der Waals surface area contributed by atoms with Crippen molar-refractivity contribution < 1.29 is 4.42 Å². The van der Waals surface area contributed by atoms with Crippen molar-refractivity contribution in [2.75, 3.05) is 0 Å². The molecule has 0 N–H and O–H groups in total. The predicted molar refractivity (Wildman–Crippen MR) is 222 cm³/mol. The summed E-state index contributed by atoms with van der Waals surface area (Å²) in [5.74, 6) is 2.58. The molecule has 0 unspecified atom stereocenters. The zero-order valence-electron chi connectivity index (χ0n) is 28.8. The van der Waals surface area contributed by atoms with Crippen LogP contribution in [-0.4, -0.2) is 19.9 Å². The van der Waals surface area contributed by atoms with Crippen molar-refractivity contribution in [1.82, 2.24) is 19.9 Å². The van der Waals surface area contributed by atoms with E-state index >= 15 is 0 Å². The summed E-state index contributed by atoms with van der Waals surface area (Å²) in [4.78, 5) is 19.9. The van der Waals surface area contributed by atoms with Crippen LogP contribution in [0.1, 0.15) is 0 Å². The van der Waals surface area contributed by atoms with E-state index in [0.29, 0.717) is 23.4 Å². The molecule has 8 aromatic carbocycles. The van der Waals surface area contributed by atoms with Crippen LogP contribution >= 0.6 is 11.3 Å². The Morgan fingerprint density at radius 3 is 1.69 bits per heavy atom. The lowest BCUT2D eigenvalue weighted by Gasteiger charge is -2.13. The number of hydrogen-bond acceptors (Lipinski definition) is 6. The van der Waals surface area contributed by atoms with Gasteiger partial charge in [-0.2, -0.15) is 0 Å². The molecule has 11 rings (SSSR count). The van der Waals surface area contributed by atoms with Crippen LogP contribution in [0.15, 0.2) is 174 Å². The molecule has 0 aliphatic carbocycles. The zero-order chi connectivity index (χ0) is 35.6. The van der Waals surface area contributed by atoms with Gasteiger partial charge in [0.05, 0.1) is 0 Å². The van der Waals surface area contributed by atoms with Gasteiger partial charge in [-0.25, -0.2) is 19.9 Å². The third-order valence-electron chi connectivity index (χ3n) is 10.2. The van der Waals surface area contributed by atoms with Gasteiger partial charge in [0.1, 0.15) is 5.52 Å². The molecule has 3 heterocycles. The fraction of sp³-hybridized carbons (Fsp3) is 0. The first-order chi connectivity index (χ1) is 26.7. The number of thiophene rings is 1. The molecule has 0 aliphatic heterocycles. The highest BCUT2D eigenvalue weighted by Gasteiger charge is 2.19. The van der Waals surface area contributed by atoms with E-state index in [0.717, 1.165) is 66.0 Å². The number of hydrogen-bond donors (Lipinski definition) is 0. The average molecular weight is 709 g/mol. The molecule has 0 atom stereocenters. The van der Waals surface area contributed by atoms with Gasteiger partial charge < -0.3 is 4.42 Å². The van der Waals surface area contributed by atoms with Crippen LogP contribution in [0.3, 0.4) is 0 Å². The van der Waals surface area contributed by atoms with Crippen LogP contribution in [0, 0.1) is 0 Å². The van der Waals surface area contributed by atoms with Crippen molar-refractivity contribution >= 4 is 64.2 Å². The largest absolute Gasteiger partial charge is 0.435 e. The summed E-state index contributed by atoms with van der Waals surface area (Å²) in [6.45, 7) is 0. The van der Waals surface area contributed by atoms with Gasteiger partial charge in [0.25, 0.3) is 0 Å². The van der Waals surface area contributed by atoms with Crippen molar-refractivity contribution in [2.45, 2.75) is 0 Å². The van der Waals surface area contributed by atoms with E-state index in [1.807, 2.05) is 102 Å². The summed E-state index contributed by atoms with van der Waals surface area (Å²) in [6, 6.07) is 58.7. The lowest BCUT2D eigenvalue weighted by molar-refractivity contribution is 0.623. The van der Waals surface area contributed by atoms with E-state index in [2.05, 4.69) is 78.9 Å². The average Bonchev–Trinajstić information content (AvgIpc) is 3.86. The van der Waals surface area contributed by atoms with Gasteiger partial charge >= 0.3 is 0 Å². The van der Waals surface area contributed by atoms with Gasteiger partial charge in [-0.3, -0.25) is 0 Å². The summed E-state index contributed by atoms with van der Waals surface area (Å²) in [6.07, 6.45) is 0. The molecule has 0 fully saturated rings. The maximum Gasteiger partial charge on any atom is 0.227 e. The van der Waals surface area contributed by atoms with Crippen molar-refractivity contribution in [1.29, 1.82) is 0 Å². The maximum absolute atomic E-state index is 6.53. The second kappa shape index (κ2) is 12.3. The first-order valence-corrected chi connectivity index (χ1v) is 18.7. The molecule has 0 saturated heterocycles. The van der Waals surface area contributed by atoms with E-state index in [9.17, 15) is 0 Å². The van der Waals surface area contributed by atoms with Gasteiger partial charge in [0.15, 0.2) is 23.1 Å². The monoisotopic (exact) mass is 708 g/mol. The van der Waals surface area contributed by atoms with Crippen molar-refractivity contribution in [3.8, 4) is 56.7 Å². The van der Waals surface area contributed by atoms with Gasteiger partial charge in [-0.1, -0.05) is 133 Å². The predicted octanol–water partition coefficient (Wildman–Crippen LogP) is 13.0. The third kappa shape index (κ3) is 4.99. The highest BCUT2D eigenvalue weighted by molar-refractivity contribution is 7.26. The summed E-state index contributed by atoms with van der Waals surface area (Å²) < 4.78 is 8.97. The van der Waals surface area contributed by atoms with Crippen LogP contribution < -0.4 is 0 Å².